The highest BCUT2D eigenvalue weighted by atomic mass is 127. The fourth-order valence-corrected chi connectivity index (χ4v) is 2.45. The summed E-state index contributed by atoms with van der Waals surface area (Å²) >= 11 is 0. The fraction of sp³-hybridized carbons (Fsp3) is 0.421. The minimum absolute atomic E-state index is 0. The Balaban J connectivity index is 0.00000364. The van der Waals surface area contributed by atoms with Gasteiger partial charge in [0.05, 0.1) is 13.1 Å². The number of carbonyl (C=O) groups is 1. The van der Waals surface area contributed by atoms with E-state index in [1.807, 2.05) is 43.8 Å². The van der Waals surface area contributed by atoms with Crippen LogP contribution in [0.5, 0.6) is 0 Å². The highest BCUT2D eigenvalue weighted by Gasteiger charge is 2.13. The van der Waals surface area contributed by atoms with Crippen LogP contribution in [0.1, 0.15) is 31.9 Å². The van der Waals surface area contributed by atoms with E-state index in [9.17, 15) is 4.79 Å². The van der Waals surface area contributed by atoms with Gasteiger partial charge in [0, 0.05) is 31.5 Å². The van der Waals surface area contributed by atoms with Gasteiger partial charge in [-0.25, -0.2) is 0 Å². The summed E-state index contributed by atoms with van der Waals surface area (Å²) in [5, 5.41) is 13.4. The molecule has 0 aliphatic heterocycles. The van der Waals surface area contributed by atoms with Crippen LogP contribution in [-0.4, -0.2) is 40.8 Å². The number of carbonyl (C=O) groups excluding carboxylic acids is 1. The molecule has 2 rings (SSSR count). The molecule has 1 aromatic carbocycles. The van der Waals surface area contributed by atoms with Crippen molar-refractivity contribution < 1.29 is 4.79 Å². The Bertz CT molecular complexity index is 737. The number of amides is 1. The van der Waals surface area contributed by atoms with E-state index >= 15 is 0 Å². The monoisotopic (exact) mass is 484 g/mol. The molecule has 0 radical (unpaired) electrons. The van der Waals surface area contributed by atoms with Crippen LogP contribution in [0.2, 0.25) is 0 Å². The quantitative estimate of drug-likeness (QED) is 0.333. The SMILES string of the molecule is CN=C(NCC(=O)NC(C)(C)C)NCc1cccc(Cn2cccn2)c1.I. The molecule has 0 bridgehead atoms. The van der Waals surface area contributed by atoms with Crippen molar-refractivity contribution in [3.63, 3.8) is 0 Å². The first-order valence-electron chi connectivity index (χ1n) is 8.66. The molecule has 8 heteroatoms. The Morgan fingerprint density at radius 2 is 1.93 bits per heavy atom. The highest BCUT2D eigenvalue weighted by Crippen LogP contribution is 2.07. The van der Waals surface area contributed by atoms with Crippen molar-refractivity contribution in [2.45, 2.75) is 39.4 Å². The number of rotatable bonds is 6. The van der Waals surface area contributed by atoms with Gasteiger partial charge in [0.25, 0.3) is 0 Å². The van der Waals surface area contributed by atoms with Crippen molar-refractivity contribution in [1.29, 1.82) is 0 Å². The van der Waals surface area contributed by atoms with Crippen LogP contribution in [0, 0.1) is 0 Å². The summed E-state index contributed by atoms with van der Waals surface area (Å²) in [7, 11) is 1.69. The van der Waals surface area contributed by atoms with Crippen molar-refractivity contribution in [3.8, 4) is 0 Å². The van der Waals surface area contributed by atoms with Crippen LogP contribution in [0.25, 0.3) is 0 Å². The van der Waals surface area contributed by atoms with Crippen molar-refractivity contribution >= 4 is 35.8 Å². The van der Waals surface area contributed by atoms with E-state index in [1.54, 1.807) is 13.2 Å². The Hall–Kier alpha value is -2.10. The van der Waals surface area contributed by atoms with Crippen molar-refractivity contribution in [2.24, 2.45) is 4.99 Å². The Morgan fingerprint density at radius 3 is 2.56 bits per heavy atom. The smallest absolute Gasteiger partial charge is 0.239 e. The lowest BCUT2D eigenvalue weighted by atomic mass is 10.1. The molecule has 0 spiro atoms. The average Bonchev–Trinajstić information content (AvgIpc) is 3.07. The Kier molecular flexibility index (Phi) is 9.27. The second-order valence-electron chi connectivity index (χ2n) is 7.10. The van der Waals surface area contributed by atoms with E-state index in [0.29, 0.717) is 12.5 Å². The third kappa shape index (κ3) is 8.89. The molecule has 0 unspecified atom stereocenters. The third-order valence-corrected chi connectivity index (χ3v) is 3.51. The number of hydrogen-bond acceptors (Lipinski definition) is 3. The van der Waals surface area contributed by atoms with Gasteiger partial charge >= 0.3 is 0 Å². The van der Waals surface area contributed by atoms with Gasteiger partial charge < -0.3 is 16.0 Å². The normalized spacial score (nSPS) is 11.5. The van der Waals surface area contributed by atoms with Gasteiger partial charge in [-0.15, -0.1) is 24.0 Å². The third-order valence-electron chi connectivity index (χ3n) is 3.51. The summed E-state index contributed by atoms with van der Waals surface area (Å²) in [4.78, 5) is 16.0. The molecule has 2 aromatic rings. The minimum atomic E-state index is -0.245. The topological polar surface area (TPSA) is 83.3 Å². The molecule has 1 aromatic heterocycles. The van der Waals surface area contributed by atoms with Crippen LogP contribution in [0.3, 0.4) is 0 Å². The maximum Gasteiger partial charge on any atom is 0.239 e. The molecule has 0 aliphatic carbocycles. The first kappa shape index (κ1) is 22.9. The molecule has 0 saturated heterocycles. The molecule has 7 nitrogen and oxygen atoms in total. The summed E-state index contributed by atoms with van der Waals surface area (Å²) in [5.74, 6) is 0.521. The minimum Gasteiger partial charge on any atom is -0.352 e. The summed E-state index contributed by atoms with van der Waals surface area (Å²) in [5.41, 5.74) is 2.07. The maximum absolute atomic E-state index is 11.9. The van der Waals surface area contributed by atoms with E-state index in [1.165, 1.54) is 5.56 Å². The molecule has 0 fully saturated rings. The molecule has 0 aliphatic rings. The Labute approximate surface area is 178 Å². The second-order valence-corrected chi connectivity index (χ2v) is 7.10. The first-order valence-corrected chi connectivity index (χ1v) is 8.66. The lowest BCUT2D eigenvalue weighted by Gasteiger charge is -2.21. The number of aliphatic imine (C=N–C) groups is 1. The van der Waals surface area contributed by atoms with E-state index in [0.717, 1.165) is 12.1 Å². The van der Waals surface area contributed by atoms with Gasteiger partial charge in [-0.3, -0.25) is 14.5 Å². The maximum atomic E-state index is 11.9. The predicted octanol–water partition coefficient (Wildman–Crippen LogP) is 2.13. The number of aromatic nitrogens is 2. The van der Waals surface area contributed by atoms with E-state index in [2.05, 4.69) is 44.2 Å². The molecule has 0 saturated carbocycles. The first-order chi connectivity index (χ1) is 12.4. The predicted molar refractivity (Wildman–Crippen MR) is 119 cm³/mol. The number of nitrogens with zero attached hydrogens (tertiary/aromatic N) is 3. The van der Waals surface area contributed by atoms with Gasteiger partial charge in [0.15, 0.2) is 5.96 Å². The van der Waals surface area contributed by atoms with Gasteiger partial charge in [-0.1, -0.05) is 24.3 Å². The van der Waals surface area contributed by atoms with Crippen LogP contribution in [0.4, 0.5) is 0 Å². The van der Waals surface area contributed by atoms with Gasteiger partial charge in [-0.2, -0.15) is 5.10 Å². The largest absolute Gasteiger partial charge is 0.352 e. The van der Waals surface area contributed by atoms with Crippen LogP contribution in [-0.2, 0) is 17.9 Å². The fourth-order valence-electron chi connectivity index (χ4n) is 2.45. The molecular formula is C19H29IN6O. The zero-order chi connectivity index (χ0) is 19.0. The molecule has 0 atom stereocenters. The molecule has 3 N–H and O–H groups in total. The second kappa shape index (κ2) is 10.9. The van der Waals surface area contributed by atoms with Gasteiger partial charge in [-0.05, 0) is 38.0 Å². The Morgan fingerprint density at radius 1 is 1.19 bits per heavy atom. The number of benzene rings is 1. The van der Waals surface area contributed by atoms with Crippen molar-refractivity contribution in [3.05, 3.63) is 53.9 Å². The molecule has 1 heterocycles. The van der Waals surface area contributed by atoms with Crippen LogP contribution in [0.15, 0.2) is 47.7 Å². The summed E-state index contributed by atoms with van der Waals surface area (Å²) in [6, 6.07) is 10.2. The molecule has 148 valence electrons. The summed E-state index contributed by atoms with van der Waals surface area (Å²) in [6.07, 6.45) is 3.72. The van der Waals surface area contributed by atoms with Gasteiger partial charge in [0.2, 0.25) is 5.91 Å². The number of halogens is 1. The zero-order valence-electron chi connectivity index (χ0n) is 16.3. The highest BCUT2D eigenvalue weighted by molar-refractivity contribution is 14.0. The summed E-state index contributed by atoms with van der Waals surface area (Å²) in [6.45, 7) is 7.39. The summed E-state index contributed by atoms with van der Waals surface area (Å²) < 4.78 is 1.89. The number of nitrogens with one attached hydrogen (secondary N) is 3. The van der Waals surface area contributed by atoms with E-state index in [-0.39, 0.29) is 42.0 Å². The van der Waals surface area contributed by atoms with E-state index in [4.69, 9.17) is 0 Å². The zero-order valence-corrected chi connectivity index (χ0v) is 18.7. The van der Waals surface area contributed by atoms with Crippen LogP contribution < -0.4 is 16.0 Å². The standard InChI is InChI=1S/C19H28N6O.HI/c1-19(2,3)24-17(26)13-22-18(20-4)21-12-15-7-5-8-16(11-15)14-25-10-6-9-23-25;/h5-11H,12-14H2,1-4H3,(H,24,26)(H2,20,21,22);1H. The number of guanidine groups is 1. The molecular weight excluding hydrogens is 455 g/mol. The van der Waals surface area contributed by atoms with E-state index < -0.39 is 0 Å². The lowest BCUT2D eigenvalue weighted by molar-refractivity contribution is -0.121. The number of hydrogen-bond donors (Lipinski definition) is 3. The average molecular weight is 484 g/mol. The van der Waals surface area contributed by atoms with Crippen molar-refractivity contribution in [1.82, 2.24) is 25.7 Å². The lowest BCUT2D eigenvalue weighted by Crippen LogP contribution is -2.48. The van der Waals surface area contributed by atoms with Crippen molar-refractivity contribution in [2.75, 3.05) is 13.6 Å². The molecule has 27 heavy (non-hydrogen) atoms. The van der Waals surface area contributed by atoms with Gasteiger partial charge in [0.1, 0.15) is 0 Å². The molecule has 1 amide bonds. The van der Waals surface area contributed by atoms with Crippen LogP contribution >= 0.6 is 24.0 Å².